The van der Waals surface area contributed by atoms with Crippen molar-refractivity contribution in [1.29, 1.82) is 0 Å². The molecule has 3 aromatic rings. The Morgan fingerprint density at radius 2 is 1.71 bits per heavy atom. The molecule has 1 fully saturated rings. The van der Waals surface area contributed by atoms with Crippen LogP contribution in [0.1, 0.15) is 51.1 Å². The van der Waals surface area contributed by atoms with Crippen LogP contribution in [0.4, 0.5) is 11.4 Å². The van der Waals surface area contributed by atoms with Crippen LogP contribution in [-0.4, -0.2) is 37.6 Å². The highest BCUT2D eigenvalue weighted by molar-refractivity contribution is 6.09. The Bertz CT molecular complexity index is 1190. The van der Waals surface area contributed by atoms with E-state index in [1.807, 2.05) is 30.3 Å². The number of nitrogens with one attached hydrogen (secondary N) is 2. The molecule has 2 aliphatic heterocycles. The smallest absolute Gasteiger partial charge is 0.255 e. The Kier molecular flexibility index (Phi) is 7.09. The minimum atomic E-state index is -0.237. The first kappa shape index (κ1) is 23.1. The summed E-state index contributed by atoms with van der Waals surface area (Å²) in [6.45, 7) is 3.07. The molecule has 1 atom stereocenters. The average Bonchev–Trinajstić information content (AvgIpc) is 3.42. The first-order valence-electron chi connectivity index (χ1n) is 12.4. The summed E-state index contributed by atoms with van der Waals surface area (Å²) in [5.74, 6) is -0.451. The number of hydrogen-bond acceptors (Lipinski definition) is 4. The molecular formula is C29H31N3O3. The minimum absolute atomic E-state index is 0.0673. The van der Waals surface area contributed by atoms with E-state index in [1.54, 1.807) is 18.2 Å². The van der Waals surface area contributed by atoms with E-state index in [0.717, 1.165) is 50.9 Å². The molecular weight excluding hydrogens is 438 g/mol. The largest absolute Gasteiger partial charge is 0.376 e. The summed E-state index contributed by atoms with van der Waals surface area (Å²) < 4.78 is 5.58. The van der Waals surface area contributed by atoms with Crippen LogP contribution in [0.3, 0.4) is 0 Å². The zero-order valence-corrected chi connectivity index (χ0v) is 19.8. The molecule has 2 amide bonds. The first-order valence-corrected chi connectivity index (χ1v) is 12.4. The van der Waals surface area contributed by atoms with Gasteiger partial charge in [-0.05, 0) is 67.1 Å². The number of rotatable bonds is 7. The molecule has 5 rings (SSSR count). The van der Waals surface area contributed by atoms with Gasteiger partial charge >= 0.3 is 0 Å². The highest BCUT2D eigenvalue weighted by Crippen LogP contribution is 2.28. The van der Waals surface area contributed by atoms with Crippen molar-refractivity contribution >= 4 is 23.2 Å². The molecule has 0 spiro atoms. The topological polar surface area (TPSA) is 70.7 Å². The Morgan fingerprint density at radius 1 is 0.914 bits per heavy atom. The van der Waals surface area contributed by atoms with Gasteiger partial charge in [-0.3, -0.25) is 9.59 Å². The SMILES string of the molecule is O=C(Nc1ccccc1C(=O)NC[C@@H]1CCCO1)c1ccc(CN2CCCc3ccccc32)cc1. The molecule has 1 saturated heterocycles. The second-order valence-corrected chi connectivity index (χ2v) is 9.20. The number of benzene rings is 3. The lowest BCUT2D eigenvalue weighted by Crippen LogP contribution is -2.32. The average molecular weight is 470 g/mol. The van der Waals surface area contributed by atoms with Crippen molar-refractivity contribution in [3.63, 3.8) is 0 Å². The summed E-state index contributed by atoms with van der Waals surface area (Å²) in [5, 5.41) is 5.84. The van der Waals surface area contributed by atoms with Crippen LogP contribution in [0.5, 0.6) is 0 Å². The Labute approximate surface area is 206 Å². The zero-order chi connectivity index (χ0) is 24.0. The molecule has 2 heterocycles. The fourth-order valence-corrected chi connectivity index (χ4v) is 4.85. The van der Waals surface area contributed by atoms with E-state index < -0.39 is 0 Å². The molecule has 2 aliphatic rings. The second kappa shape index (κ2) is 10.7. The molecule has 0 aliphatic carbocycles. The van der Waals surface area contributed by atoms with Crippen LogP contribution in [0.25, 0.3) is 0 Å². The highest BCUT2D eigenvalue weighted by Gasteiger charge is 2.19. The number of nitrogens with zero attached hydrogens (tertiary/aromatic N) is 1. The predicted molar refractivity (Wildman–Crippen MR) is 138 cm³/mol. The maximum atomic E-state index is 12.9. The summed E-state index contributed by atoms with van der Waals surface area (Å²) in [5.41, 5.74) is 5.35. The zero-order valence-electron chi connectivity index (χ0n) is 19.8. The van der Waals surface area contributed by atoms with Crippen molar-refractivity contribution in [2.45, 2.75) is 38.3 Å². The molecule has 6 nitrogen and oxygen atoms in total. The Balaban J connectivity index is 1.22. The lowest BCUT2D eigenvalue weighted by molar-refractivity contribution is 0.0858. The lowest BCUT2D eigenvalue weighted by atomic mass is 10.0. The second-order valence-electron chi connectivity index (χ2n) is 9.20. The predicted octanol–water partition coefficient (Wildman–Crippen LogP) is 4.80. The van der Waals surface area contributed by atoms with Crippen molar-refractivity contribution in [3.05, 3.63) is 95.1 Å². The third-order valence-electron chi connectivity index (χ3n) is 6.73. The van der Waals surface area contributed by atoms with E-state index in [2.05, 4.69) is 39.8 Å². The summed E-state index contributed by atoms with van der Waals surface area (Å²) in [6.07, 6.45) is 4.33. The summed E-state index contributed by atoms with van der Waals surface area (Å²) >= 11 is 0. The summed E-state index contributed by atoms with van der Waals surface area (Å²) in [6, 6.07) is 23.4. The van der Waals surface area contributed by atoms with Crippen molar-refractivity contribution < 1.29 is 14.3 Å². The van der Waals surface area contributed by atoms with E-state index in [0.29, 0.717) is 23.4 Å². The highest BCUT2D eigenvalue weighted by atomic mass is 16.5. The molecule has 0 saturated carbocycles. The standard InChI is InChI=1S/C29H31N3O3/c33-28(31-26-11-3-2-10-25(26)29(34)30-19-24-9-6-18-35-24)23-15-13-21(14-16-23)20-32-17-5-8-22-7-1-4-12-27(22)32/h1-4,7,10-16,24H,5-6,8-9,17-20H2,(H,30,34)(H,31,33)/t24-/m0/s1. The number of anilines is 2. The van der Waals surface area contributed by atoms with Gasteiger partial charge in [0.2, 0.25) is 0 Å². The lowest BCUT2D eigenvalue weighted by Gasteiger charge is -2.31. The van der Waals surface area contributed by atoms with E-state index in [-0.39, 0.29) is 17.9 Å². The van der Waals surface area contributed by atoms with Crippen LogP contribution in [-0.2, 0) is 17.7 Å². The fourth-order valence-electron chi connectivity index (χ4n) is 4.85. The number of hydrogen-bond donors (Lipinski definition) is 2. The van der Waals surface area contributed by atoms with Crippen LogP contribution in [0, 0.1) is 0 Å². The molecule has 3 aromatic carbocycles. The summed E-state index contributed by atoms with van der Waals surface area (Å²) in [4.78, 5) is 28.1. The van der Waals surface area contributed by atoms with E-state index >= 15 is 0 Å². The quantitative estimate of drug-likeness (QED) is 0.522. The van der Waals surface area contributed by atoms with Crippen LogP contribution >= 0.6 is 0 Å². The van der Waals surface area contributed by atoms with Gasteiger partial charge in [-0.2, -0.15) is 0 Å². The molecule has 2 N–H and O–H groups in total. The van der Waals surface area contributed by atoms with Gasteiger partial charge in [0.1, 0.15) is 0 Å². The van der Waals surface area contributed by atoms with Gasteiger partial charge < -0.3 is 20.3 Å². The Hall–Kier alpha value is -3.64. The van der Waals surface area contributed by atoms with Gasteiger partial charge in [0, 0.05) is 37.5 Å². The van der Waals surface area contributed by atoms with Crippen LogP contribution in [0.15, 0.2) is 72.8 Å². The number of fused-ring (bicyclic) bond motifs is 1. The van der Waals surface area contributed by atoms with Crippen molar-refractivity contribution in [2.24, 2.45) is 0 Å². The molecule has 0 radical (unpaired) electrons. The van der Waals surface area contributed by atoms with Crippen molar-refractivity contribution in [1.82, 2.24) is 5.32 Å². The molecule has 6 heteroatoms. The molecule has 0 unspecified atom stereocenters. The van der Waals surface area contributed by atoms with Gasteiger partial charge in [-0.15, -0.1) is 0 Å². The third kappa shape index (κ3) is 5.54. The number of carbonyl (C=O) groups is 2. The maximum absolute atomic E-state index is 12.9. The molecule has 35 heavy (non-hydrogen) atoms. The number of ether oxygens (including phenoxy) is 1. The normalized spacial score (nSPS) is 17.0. The van der Waals surface area contributed by atoms with Gasteiger partial charge in [0.25, 0.3) is 11.8 Å². The van der Waals surface area contributed by atoms with E-state index in [9.17, 15) is 9.59 Å². The van der Waals surface area contributed by atoms with Crippen molar-refractivity contribution in [3.8, 4) is 0 Å². The van der Waals surface area contributed by atoms with Gasteiger partial charge in [-0.1, -0.05) is 42.5 Å². The van der Waals surface area contributed by atoms with Crippen LogP contribution in [0.2, 0.25) is 0 Å². The van der Waals surface area contributed by atoms with Crippen molar-refractivity contribution in [2.75, 3.05) is 29.9 Å². The van der Waals surface area contributed by atoms with E-state index in [1.165, 1.54) is 11.3 Å². The number of carbonyl (C=O) groups excluding carboxylic acids is 2. The number of para-hydroxylation sites is 2. The third-order valence-corrected chi connectivity index (χ3v) is 6.73. The summed E-state index contributed by atoms with van der Waals surface area (Å²) in [7, 11) is 0. The molecule has 0 bridgehead atoms. The first-order chi connectivity index (χ1) is 17.2. The van der Waals surface area contributed by atoms with Gasteiger partial charge in [-0.25, -0.2) is 0 Å². The Morgan fingerprint density at radius 3 is 2.54 bits per heavy atom. The maximum Gasteiger partial charge on any atom is 0.255 e. The monoisotopic (exact) mass is 469 g/mol. The van der Waals surface area contributed by atoms with Gasteiger partial charge in [0.05, 0.1) is 17.4 Å². The van der Waals surface area contributed by atoms with E-state index in [4.69, 9.17) is 4.74 Å². The molecule has 0 aromatic heterocycles. The minimum Gasteiger partial charge on any atom is -0.376 e. The van der Waals surface area contributed by atoms with Crippen LogP contribution < -0.4 is 15.5 Å². The van der Waals surface area contributed by atoms with Gasteiger partial charge in [0.15, 0.2) is 0 Å². The molecule has 180 valence electrons. The fraction of sp³-hybridized carbons (Fsp3) is 0.310. The number of amides is 2. The number of aryl methyl sites for hydroxylation is 1.